The molecular weight excluding hydrogens is 252 g/mol. The SMILES string of the molecule is CC[C@H](OC(C)n1ccc(=O)[nH]c1=O)C(CO)OC. The summed E-state index contributed by atoms with van der Waals surface area (Å²) in [6, 6.07) is 1.25. The largest absolute Gasteiger partial charge is 0.394 e. The van der Waals surface area contributed by atoms with Crippen LogP contribution >= 0.6 is 0 Å². The van der Waals surface area contributed by atoms with E-state index >= 15 is 0 Å². The number of aliphatic hydroxyl groups is 1. The molecule has 0 radical (unpaired) electrons. The Kier molecular flexibility index (Phi) is 5.94. The van der Waals surface area contributed by atoms with Crippen molar-refractivity contribution in [2.75, 3.05) is 13.7 Å². The third kappa shape index (κ3) is 4.02. The minimum absolute atomic E-state index is 0.164. The summed E-state index contributed by atoms with van der Waals surface area (Å²) in [6.45, 7) is 3.42. The van der Waals surface area contributed by atoms with Gasteiger partial charge in [0.05, 0.1) is 12.7 Å². The number of hydrogen-bond donors (Lipinski definition) is 2. The molecule has 0 saturated heterocycles. The molecule has 0 aliphatic heterocycles. The number of nitrogens with one attached hydrogen (secondary N) is 1. The molecule has 1 aromatic heterocycles. The van der Waals surface area contributed by atoms with Crippen molar-refractivity contribution in [2.24, 2.45) is 0 Å². The van der Waals surface area contributed by atoms with Crippen LogP contribution in [0.25, 0.3) is 0 Å². The number of aromatic amines is 1. The molecule has 0 bridgehead atoms. The minimum atomic E-state index is -0.571. The summed E-state index contributed by atoms with van der Waals surface area (Å²) in [5.74, 6) is 0. The van der Waals surface area contributed by atoms with E-state index in [1.54, 1.807) is 6.92 Å². The average Bonchev–Trinajstić information content (AvgIpc) is 2.38. The van der Waals surface area contributed by atoms with Gasteiger partial charge in [-0.1, -0.05) is 6.92 Å². The average molecular weight is 272 g/mol. The molecule has 0 fully saturated rings. The molecule has 7 heteroatoms. The van der Waals surface area contributed by atoms with Crippen LogP contribution in [0.4, 0.5) is 0 Å². The Morgan fingerprint density at radius 3 is 2.58 bits per heavy atom. The van der Waals surface area contributed by atoms with Gasteiger partial charge in [-0.3, -0.25) is 14.3 Å². The number of aliphatic hydroxyl groups excluding tert-OH is 1. The minimum Gasteiger partial charge on any atom is -0.394 e. The second-order valence-electron chi connectivity index (χ2n) is 4.16. The smallest absolute Gasteiger partial charge is 0.330 e. The van der Waals surface area contributed by atoms with E-state index in [0.29, 0.717) is 6.42 Å². The van der Waals surface area contributed by atoms with Gasteiger partial charge in [0.2, 0.25) is 0 Å². The number of rotatable bonds is 7. The second kappa shape index (κ2) is 7.22. The van der Waals surface area contributed by atoms with Gasteiger partial charge in [-0.25, -0.2) is 4.79 Å². The highest BCUT2D eigenvalue weighted by Crippen LogP contribution is 2.14. The highest BCUT2D eigenvalue weighted by Gasteiger charge is 2.22. The molecule has 0 aromatic carbocycles. The van der Waals surface area contributed by atoms with Gasteiger partial charge in [0.15, 0.2) is 0 Å². The molecule has 1 heterocycles. The molecule has 0 aliphatic carbocycles. The van der Waals surface area contributed by atoms with Gasteiger partial charge < -0.3 is 14.6 Å². The fraction of sp³-hybridized carbons (Fsp3) is 0.667. The van der Waals surface area contributed by atoms with E-state index in [4.69, 9.17) is 9.47 Å². The molecule has 1 aromatic rings. The quantitative estimate of drug-likeness (QED) is 0.720. The van der Waals surface area contributed by atoms with Gasteiger partial charge in [-0.05, 0) is 13.3 Å². The van der Waals surface area contributed by atoms with Crippen LogP contribution < -0.4 is 11.2 Å². The Morgan fingerprint density at radius 2 is 2.11 bits per heavy atom. The first-order valence-corrected chi connectivity index (χ1v) is 6.14. The second-order valence-corrected chi connectivity index (χ2v) is 4.16. The van der Waals surface area contributed by atoms with E-state index in [9.17, 15) is 14.7 Å². The van der Waals surface area contributed by atoms with E-state index in [-0.39, 0.29) is 12.7 Å². The highest BCUT2D eigenvalue weighted by molar-refractivity contribution is 4.83. The molecule has 3 atom stereocenters. The number of methoxy groups -OCH3 is 1. The van der Waals surface area contributed by atoms with Crippen molar-refractivity contribution in [1.82, 2.24) is 9.55 Å². The van der Waals surface area contributed by atoms with Crippen molar-refractivity contribution in [1.29, 1.82) is 0 Å². The predicted molar refractivity (Wildman–Crippen MR) is 69.1 cm³/mol. The van der Waals surface area contributed by atoms with E-state index in [1.807, 2.05) is 6.92 Å². The Balaban J connectivity index is 2.85. The summed E-state index contributed by atoms with van der Waals surface area (Å²) in [5, 5.41) is 9.18. The summed E-state index contributed by atoms with van der Waals surface area (Å²) in [5.41, 5.74) is -0.988. The van der Waals surface area contributed by atoms with E-state index in [0.717, 1.165) is 0 Å². The van der Waals surface area contributed by atoms with Gasteiger partial charge in [0, 0.05) is 19.4 Å². The maximum atomic E-state index is 11.6. The van der Waals surface area contributed by atoms with Crippen LogP contribution in [0.15, 0.2) is 21.9 Å². The lowest BCUT2D eigenvalue weighted by molar-refractivity contribution is -0.123. The summed E-state index contributed by atoms with van der Waals surface area (Å²) >= 11 is 0. The molecule has 0 amide bonds. The fourth-order valence-electron chi connectivity index (χ4n) is 1.82. The van der Waals surface area contributed by atoms with Crippen LogP contribution in [0.5, 0.6) is 0 Å². The Labute approximate surface area is 110 Å². The van der Waals surface area contributed by atoms with Gasteiger partial charge in [-0.15, -0.1) is 0 Å². The normalized spacial score (nSPS) is 16.0. The van der Waals surface area contributed by atoms with Crippen molar-refractivity contribution < 1.29 is 14.6 Å². The van der Waals surface area contributed by atoms with Crippen molar-refractivity contribution in [3.8, 4) is 0 Å². The molecular formula is C12H20N2O5. The van der Waals surface area contributed by atoms with Gasteiger partial charge in [0.1, 0.15) is 12.3 Å². The first-order chi connectivity index (χ1) is 9.03. The molecule has 0 aliphatic rings. The van der Waals surface area contributed by atoms with Crippen molar-refractivity contribution >= 4 is 0 Å². The standard InChI is InChI=1S/C12H20N2O5/c1-4-9(10(7-15)18-3)19-8(2)14-6-5-11(16)13-12(14)17/h5-6,8-10,15H,4,7H2,1-3H3,(H,13,16,17)/t8?,9-,10?/m0/s1. The van der Waals surface area contributed by atoms with Gasteiger partial charge in [0.25, 0.3) is 5.56 Å². The zero-order valence-corrected chi connectivity index (χ0v) is 11.3. The number of H-pyrrole nitrogens is 1. The molecule has 2 N–H and O–H groups in total. The van der Waals surface area contributed by atoms with Gasteiger partial charge in [-0.2, -0.15) is 0 Å². The first-order valence-electron chi connectivity index (χ1n) is 6.14. The molecule has 2 unspecified atom stereocenters. The lowest BCUT2D eigenvalue weighted by atomic mass is 10.1. The van der Waals surface area contributed by atoms with Crippen LogP contribution in [0.2, 0.25) is 0 Å². The van der Waals surface area contributed by atoms with Crippen molar-refractivity contribution in [3.05, 3.63) is 33.1 Å². The molecule has 108 valence electrons. The van der Waals surface area contributed by atoms with E-state index < -0.39 is 23.6 Å². The number of nitrogens with zero attached hydrogens (tertiary/aromatic N) is 1. The van der Waals surface area contributed by atoms with Gasteiger partial charge >= 0.3 is 5.69 Å². The Hall–Kier alpha value is -1.44. The van der Waals surface area contributed by atoms with E-state index in [2.05, 4.69) is 4.98 Å². The van der Waals surface area contributed by atoms with Crippen molar-refractivity contribution in [2.45, 2.75) is 38.7 Å². The monoisotopic (exact) mass is 272 g/mol. The maximum absolute atomic E-state index is 11.6. The first kappa shape index (κ1) is 15.6. The van der Waals surface area contributed by atoms with Crippen LogP contribution in [0.3, 0.4) is 0 Å². The lowest BCUT2D eigenvalue weighted by Gasteiger charge is -2.27. The van der Waals surface area contributed by atoms with Crippen LogP contribution in [-0.4, -0.2) is 40.6 Å². The number of hydrogen-bond acceptors (Lipinski definition) is 5. The molecule has 0 saturated carbocycles. The van der Waals surface area contributed by atoms with Crippen LogP contribution in [0.1, 0.15) is 26.5 Å². The topological polar surface area (TPSA) is 93.6 Å². The van der Waals surface area contributed by atoms with Crippen molar-refractivity contribution in [3.63, 3.8) is 0 Å². The zero-order chi connectivity index (χ0) is 14.4. The summed E-state index contributed by atoms with van der Waals surface area (Å²) in [4.78, 5) is 24.7. The van der Waals surface area contributed by atoms with Crippen LogP contribution in [-0.2, 0) is 9.47 Å². The summed E-state index contributed by atoms with van der Waals surface area (Å²) < 4.78 is 12.1. The maximum Gasteiger partial charge on any atom is 0.330 e. The number of ether oxygens (including phenoxy) is 2. The zero-order valence-electron chi connectivity index (χ0n) is 11.3. The summed E-state index contributed by atoms with van der Waals surface area (Å²) in [6.07, 6.45) is 0.633. The molecule has 7 nitrogen and oxygen atoms in total. The number of aromatic nitrogens is 2. The van der Waals surface area contributed by atoms with E-state index in [1.165, 1.54) is 23.9 Å². The van der Waals surface area contributed by atoms with Crippen LogP contribution in [0, 0.1) is 0 Å². The summed E-state index contributed by atoms with van der Waals surface area (Å²) in [7, 11) is 1.49. The molecule has 1 rings (SSSR count). The third-order valence-electron chi connectivity index (χ3n) is 2.91. The fourth-order valence-corrected chi connectivity index (χ4v) is 1.82. The predicted octanol–water partition coefficient (Wildman–Crippen LogP) is -0.142. The molecule has 0 spiro atoms. The molecule has 19 heavy (non-hydrogen) atoms. The highest BCUT2D eigenvalue weighted by atomic mass is 16.6. The third-order valence-corrected chi connectivity index (χ3v) is 2.91. The Bertz CT molecular complexity index is 491. The lowest BCUT2D eigenvalue weighted by Crippen LogP contribution is -2.38. The Morgan fingerprint density at radius 1 is 1.42 bits per heavy atom.